The fraction of sp³-hybridized carbons (Fsp3) is 0.0149. The van der Waals surface area contributed by atoms with Gasteiger partial charge in [0.25, 0.3) is 0 Å². The zero-order valence-corrected chi connectivity index (χ0v) is 37.8. The Bertz CT molecular complexity index is 3750. The minimum atomic E-state index is -0.603. The first-order valence-electron chi connectivity index (χ1n) is 23.9. The SMILES string of the molecule is c1ccc(-c2ccc(N(c3ccc4c(c3)-c3ccccc3N(c3ccccc3)c3ccccc3-4)c3ccc4c(c3)C3(c5ccccc5-c5ccccc5-4)c4ccccc4-c4ccccc43)cc2)cc1. The molecule has 0 atom stereocenters. The summed E-state index contributed by atoms with van der Waals surface area (Å²) in [6.07, 6.45) is 0. The standard InChI is InChI=1S/C67H44N2/c1-3-19-45(20-4-1)46-35-37-48(38-36-46)68(49-39-41-53-58-28-12-17-33-65(58)69(47-21-5-2-6-22-47)66-34-18-13-29-59(66)60(53)43-49)50-40-42-57-52-24-8-7-23-51(52)54-25-9-14-30-61(54)67(64(57)44-50)62-31-15-10-26-55(62)56-27-11-16-32-63(56)67/h1-44H. The summed E-state index contributed by atoms with van der Waals surface area (Å²) < 4.78 is 0. The number of para-hydroxylation sites is 3. The molecule has 0 N–H and O–H groups in total. The number of anilines is 6. The maximum absolute atomic E-state index is 2.52. The largest absolute Gasteiger partial charge is 0.310 e. The smallest absolute Gasteiger partial charge is 0.0726 e. The van der Waals surface area contributed by atoms with Gasteiger partial charge < -0.3 is 9.80 Å². The van der Waals surface area contributed by atoms with Gasteiger partial charge in [0.2, 0.25) is 0 Å². The van der Waals surface area contributed by atoms with Crippen molar-refractivity contribution in [3.05, 3.63) is 289 Å². The predicted octanol–water partition coefficient (Wildman–Crippen LogP) is 18.0. The highest BCUT2D eigenvalue weighted by Gasteiger charge is 2.49. The minimum absolute atomic E-state index is 0.603. The third-order valence-corrected chi connectivity index (χ3v) is 14.8. The van der Waals surface area contributed by atoms with Crippen LogP contribution in [0.5, 0.6) is 0 Å². The second kappa shape index (κ2) is 15.6. The van der Waals surface area contributed by atoms with E-state index in [0.29, 0.717) is 0 Å². The van der Waals surface area contributed by atoms with Gasteiger partial charge in [-0.2, -0.15) is 0 Å². The summed E-state index contributed by atoms with van der Waals surface area (Å²) in [4.78, 5) is 4.90. The highest BCUT2D eigenvalue weighted by atomic mass is 15.2. The van der Waals surface area contributed by atoms with Crippen molar-refractivity contribution in [3.8, 4) is 66.8 Å². The Hall–Kier alpha value is -8.98. The van der Waals surface area contributed by atoms with Gasteiger partial charge in [0, 0.05) is 33.9 Å². The van der Waals surface area contributed by atoms with Gasteiger partial charge in [0.1, 0.15) is 0 Å². The van der Waals surface area contributed by atoms with Gasteiger partial charge in [-0.3, -0.25) is 0 Å². The lowest BCUT2D eigenvalue weighted by molar-refractivity contribution is 0.775. The molecule has 3 aliphatic rings. The van der Waals surface area contributed by atoms with Crippen LogP contribution in [0.25, 0.3) is 66.8 Å². The molecule has 69 heavy (non-hydrogen) atoms. The number of nitrogens with zero attached hydrogens (tertiary/aromatic N) is 2. The molecule has 2 heteroatoms. The van der Waals surface area contributed by atoms with E-state index in [2.05, 4.69) is 277 Å². The molecule has 1 aliphatic heterocycles. The maximum atomic E-state index is 2.52. The molecule has 0 unspecified atom stereocenters. The van der Waals surface area contributed by atoms with Crippen molar-refractivity contribution in [2.45, 2.75) is 5.41 Å². The number of rotatable bonds is 5. The van der Waals surface area contributed by atoms with E-state index in [1.54, 1.807) is 0 Å². The van der Waals surface area contributed by atoms with Gasteiger partial charge >= 0.3 is 0 Å². The first-order valence-corrected chi connectivity index (χ1v) is 23.9. The molecule has 2 aliphatic carbocycles. The molecule has 0 saturated carbocycles. The second-order valence-corrected chi connectivity index (χ2v) is 18.3. The molecular formula is C67H44N2. The quantitative estimate of drug-likeness (QED) is 0.170. The summed E-state index contributed by atoms with van der Waals surface area (Å²) >= 11 is 0. The highest BCUT2D eigenvalue weighted by Crippen LogP contribution is 2.62. The van der Waals surface area contributed by atoms with Crippen LogP contribution in [-0.2, 0) is 5.41 Å². The fourth-order valence-electron chi connectivity index (χ4n) is 12.0. The van der Waals surface area contributed by atoms with E-state index in [9.17, 15) is 0 Å². The number of hydrogen-bond acceptors (Lipinski definition) is 2. The molecule has 11 aromatic carbocycles. The zero-order chi connectivity index (χ0) is 45.5. The van der Waals surface area contributed by atoms with E-state index in [0.717, 1.165) is 34.1 Å². The van der Waals surface area contributed by atoms with E-state index in [1.807, 2.05) is 0 Å². The van der Waals surface area contributed by atoms with Crippen LogP contribution in [0.3, 0.4) is 0 Å². The fourth-order valence-corrected chi connectivity index (χ4v) is 12.0. The molecule has 322 valence electrons. The summed E-state index contributed by atoms with van der Waals surface area (Å²) in [5.74, 6) is 0. The number of hydrogen-bond donors (Lipinski definition) is 0. The Morgan fingerprint density at radius 3 is 1.20 bits per heavy atom. The van der Waals surface area contributed by atoms with Gasteiger partial charge in [0.05, 0.1) is 16.8 Å². The number of fused-ring (bicyclic) bond motifs is 17. The predicted molar refractivity (Wildman–Crippen MR) is 287 cm³/mol. The van der Waals surface area contributed by atoms with Crippen LogP contribution in [0.2, 0.25) is 0 Å². The van der Waals surface area contributed by atoms with E-state index >= 15 is 0 Å². The first-order chi connectivity index (χ1) is 34.3. The molecule has 1 spiro atoms. The van der Waals surface area contributed by atoms with Crippen LogP contribution in [-0.4, -0.2) is 0 Å². The Labute approximate surface area is 403 Å². The molecule has 0 radical (unpaired) electrons. The van der Waals surface area contributed by atoms with Gasteiger partial charge in [-0.1, -0.05) is 206 Å². The van der Waals surface area contributed by atoms with Crippen molar-refractivity contribution in [1.29, 1.82) is 0 Å². The monoisotopic (exact) mass is 876 g/mol. The molecule has 14 rings (SSSR count). The lowest BCUT2D eigenvalue weighted by Crippen LogP contribution is -2.29. The van der Waals surface area contributed by atoms with Gasteiger partial charge in [-0.05, 0) is 139 Å². The Kier molecular flexibility index (Phi) is 8.84. The molecule has 11 aromatic rings. The maximum Gasteiger partial charge on any atom is 0.0726 e. The summed E-state index contributed by atoms with van der Waals surface area (Å²) in [5.41, 5.74) is 26.0. The molecule has 2 nitrogen and oxygen atoms in total. The van der Waals surface area contributed by atoms with Crippen molar-refractivity contribution in [2.24, 2.45) is 0 Å². The Morgan fingerprint density at radius 1 is 0.246 bits per heavy atom. The van der Waals surface area contributed by atoms with Crippen molar-refractivity contribution in [3.63, 3.8) is 0 Å². The van der Waals surface area contributed by atoms with Crippen LogP contribution in [0.15, 0.2) is 267 Å². The topological polar surface area (TPSA) is 6.48 Å². The van der Waals surface area contributed by atoms with Crippen molar-refractivity contribution in [2.75, 3.05) is 9.80 Å². The lowest BCUT2D eigenvalue weighted by Gasteiger charge is -2.36. The third-order valence-electron chi connectivity index (χ3n) is 14.8. The van der Waals surface area contributed by atoms with Crippen LogP contribution in [0.1, 0.15) is 22.3 Å². The molecule has 0 amide bonds. The second-order valence-electron chi connectivity index (χ2n) is 18.3. The minimum Gasteiger partial charge on any atom is -0.310 e. The van der Waals surface area contributed by atoms with Crippen LogP contribution in [0, 0.1) is 0 Å². The molecule has 0 aromatic heterocycles. The summed E-state index contributed by atoms with van der Waals surface area (Å²) in [5, 5.41) is 0. The first kappa shape index (κ1) is 39.2. The summed E-state index contributed by atoms with van der Waals surface area (Å²) in [6, 6.07) is 99.0. The van der Waals surface area contributed by atoms with E-state index in [-0.39, 0.29) is 0 Å². The average molecular weight is 877 g/mol. The Balaban J connectivity index is 1.05. The lowest BCUT2D eigenvalue weighted by atomic mass is 9.66. The van der Waals surface area contributed by atoms with Gasteiger partial charge in [-0.25, -0.2) is 0 Å². The summed E-state index contributed by atoms with van der Waals surface area (Å²) in [6.45, 7) is 0. The normalized spacial score (nSPS) is 13.0. The Morgan fingerprint density at radius 2 is 0.623 bits per heavy atom. The van der Waals surface area contributed by atoms with Crippen LogP contribution >= 0.6 is 0 Å². The molecular weight excluding hydrogens is 833 g/mol. The van der Waals surface area contributed by atoms with E-state index < -0.39 is 5.41 Å². The highest BCUT2D eigenvalue weighted by molar-refractivity contribution is 6.04. The van der Waals surface area contributed by atoms with Crippen LogP contribution < -0.4 is 9.80 Å². The van der Waals surface area contributed by atoms with Gasteiger partial charge in [0.15, 0.2) is 0 Å². The summed E-state index contributed by atoms with van der Waals surface area (Å²) in [7, 11) is 0. The third kappa shape index (κ3) is 5.86. The van der Waals surface area contributed by atoms with E-state index in [4.69, 9.17) is 0 Å². The van der Waals surface area contributed by atoms with E-state index in [1.165, 1.54) is 89.0 Å². The average Bonchev–Trinajstić information content (AvgIpc) is 3.59. The van der Waals surface area contributed by atoms with Gasteiger partial charge in [-0.15, -0.1) is 0 Å². The molecule has 0 saturated heterocycles. The van der Waals surface area contributed by atoms with Crippen molar-refractivity contribution < 1.29 is 0 Å². The van der Waals surface area contributed by atoms with Crippen molar-refractivity contribution in [1.82, 2.24) is 0 Å². The zero-order valence-electron chi connectivity index (χ0n) is 37.8. The van der Waals surface area contributed by atoms with Crippen molar-refractivity contribution >= 4 is 34.1 Å². The number of benzene rings is 11. The molecule has 1 heterocycles. The molecule has 0 bridgehead atoms. The molecule has 0 fully saturated rings. The van der Waals surface area contributed by atoms with Crippen LogP contribution in [0.4, 0.5) is 34.1 Å².